The van der Waals surface area contributed by atoms with Crippen molar-refractivity contribution in [2.75, 3.05) is 0 Å². The minimum Gasteiger partial charge on any atom is -0.435 e. The smallest absolute Gasteiger partial charge is 0.387 e. The second kappa shape index (κ2) is 6.72. The molecule has 0 radical (unpaired) electrons. The highest BCUT2D eigenvalue weighted by Gasteiger charge is 2.16. The summed E-state index contributed by atoms with van der Waals surface area (Å²) in [6.07, 6.45) is 0. The number of nitrogens with two attached hydrogens (primary N) is 1. The number of fused-ring (bicyclic) bond motifs is 3. The van der Waals surface area contributed by atoms with Gasteiger partial charge in [0.1, 0.15) is 5.75 Å². The maximum absolute atomic E-state index is 12.3. The first kappa shape index (κ1) is 17.0. The number of aromatic nitrogens is 1. The molecule has 3 aromatic carbocycles. The molecule has 1 aromatic heterocycles. The molecule has 4 aromatic rings. The third-order valence-corrected chi connectivity index (χ3v) is 4.55. The average Bonchev–Trinajstić information content (AvgIpc) is 2.97. The van der Waals surface area contributed by atoms with Crippen LogP contribution in [0.1, 0.15) is 15.9 Å². The van der Waals surface area contributed by atoms with Gasteiger partial charge in [-0.3, -0.25) is 4.79 Å². The fourth-order valence-electron chi connectivity index (χ4n) is 3.43. The van der Waals surface area contributed by atoms with Crippen LogP contribution in [0.5, 0.6) is 5.75 Å². The van der Waals surface area contributed by atoms with Crippen molar-refractivity contribution >= 4 is 27.7 Å². The minimum atomic E-state index is -2.85. The van der Waals surface area contributed by atoms with Crippen LogP contribution in [0.2, 0.25) is 0 Å². The molecule has 0 aliphatic heterocycles. The minimum absolute atomic E-state index is 0.118. The third-order valence-electron chi connectivity index (χ3n) is 4.55. The number of alkyl halides is 2. The lowest BCUT2D eigenvalue weighted by Gasteiger charge is -2.09. The summed E-state index contributed by atoms with van der Waals surface area (Å²) in [5.41, 5.74) is 8.82. The number of hydrogen-bond donors (Lipinski definition) is 1. The summed E-state index contributed by atoms with van der Waals surface area (Å²) >= 11 is 0. The first-order valence-electron chi connectivity index (χ1n) is 8.38. The molecule has 0 atom stereocenters. The Hall–Kier alpha value is -3.41. The van der Waals surface area contributed by atoms with E-state index in [9.17, 15) is 13.6 Å². The number of primary amides is 1. The van der Waals surface area contributed by atoms with Crippen LogP contribution in [0.15, 0.2) is 66.7 Å². The summed E-state index contributed by atoms with van der Waals surface area (Å²) in [7, 11) is 0. The number of halogens is 2. The molecule has 0 spiro atoms. The quantitative estimate of drug-likeness (QED) is 0.564. The Morgan fingerprint density at radius 2 is 1.67 bits per heavy atom. The van der Waals surface area contributed by atoms with Crippen LogP contribution in [-0.2, 0) is 6.54 Å². The summed E-state index contributed by atoms with van der Waals surface area (Å²) in [5.74, 6) is -0.357. The van der Waals surface area contributed by atoms with Crippen molar-refractivity contribution in [2.45, 2.75) is 13.2 Å². The molecule has 27 heavy (non-hydrogen) atoms. The number of amides is 1. The summed E-state index contributed by atoms with van der Waals surface area (Å²) in [4.78, 5) is 11.9. The number of para-hydroxylation sites is 1. The SMILES string of the molecule is NC(=O)c1cccc2c1c1ccccc1n2Cc1ccc(OC(F)F)cc1. The average molecular weight is 366 g/mol. The van der Waals surface area contributed by atoms with E-state index in [4.69, 9.17) is 5.73 Å². The first-order valence-corrected chi connectivity index (χ1v) is 8.38. The van der Waals surface area contributed by atoms with E-state index in [2.05, 4.69) is 9.30 Å². The van der Waals surface area contributed by atoms with Gasteiger partial charge in [-0.2, -0.15) is 8.78 Å². The highest BCUT2D eigenvalue weighted by atomic mass is 19.3. The molecule has 0 saturated heterocycles. The van der Waals surface area contributed by atoms with Crippen molar-refractivity contribution in [1.82, 2.24) is 4.57 Å². The Balaban J connectivity index is 1.83. The molecule has 136 valence electrons. The Kier molecular flexibility index (Phi) is 4.24. The Labute approximate surface area is 153 Å². The lowest BCUT2D eigenvalue weighted by Crippen LogP contribution is -2.11. The zero-order valence-electron chi connectivity index (χ0n) is 14.2. The number of carbonyl (C=O) groups excluding carboxylic acids is 1. The van der Waals surface area contributed by atoms with Crippen molar-refractivity contribution in [3.63, 3.8) is 0 Å². The first-order chi connectivity index (χ1) is 13.0. The molecule has 6 heteroatoms. The monoisotopic (exact) mass is 366 g/mol. The fraction of sp³-hybridized carbons (Fsp3) is 0.0952. The molecule has 4 rings (SSSR count). The predicted octanol–water partition coefficient (Wildman–Crippen LogP) is 4.54. The number of hydrogen-bond acceptors (Lipinski definition) is 2. The van der Waals surface area contributed by atoms with Gasteiger partial charge in [-0.05, 0) is 35.9 Å². The number of nitrogens with zero attached hydrogens (tertiary/aromatic N) is 1. The van der Waals surface area contributed by atoms with E-state index in [1.807, 2.05) is 30.3 Å². The van der Waals surface area contributed by atoms with E-state index >= 15 is 0 Å². The molecular weight excluding hydrogens is 350 g/mol. The van der Waals surface area contributed by atoms with Crippen molar-refractivity contribution in [3.8, 4) is 5.75 Å². The standard InChI is InChI=1S/C21H16F2N2O2/c22-21(23)27-14-10-8-13(9-11-14)12-25-17-6-2-1-4-15(17)19-16(20(24)26)5-3-7-18(19)25/h1-11,21H,12H2,(H2,24,26). The second-order valence-corrected chi connectivity index (χ2v) is 6.19. The highest BCUT2D eigenvalue weighted by molar-refractivity contribution is 6.17. The van der Waals surface area contributed by atoms with Crippen molar-refractivity contribution in [2.24, 2.45) is 5.73 Å². The molecule has 0 saturated carbocycles. The van der Waals surface area contributed by atoms with Gasteiger partial charge in [0.15, 0.2) is 0 Å². The number of rotatable bonds is 5. The molecule has 1 heterocycles. The Morgan fingerprint density at radius 1 is 0.963 bits per heavy atom. The summed E-state index contributed by atoms with van der Waals surface area (Å²) in [5, 5.41) is 1.76. The largest absolute Gasteiger partial charge is 0.435 e. The normalized spacial score (nSPS) is 11.4. The van der Waals surface area contributed by atoms with E-state index in [1.54, 1.807) is 24.3 Å². The summed E-state index contributed by atoms with van der Waals surface area (Å²) in [6, 6.07) is 19.8. The van der Waals surface area contributed by atoms with E-state index in [-0.39, 0.29) is 5.75 Å². The summed E-state index contributed by atoms with van der Waals surface area (Å²) in [6.45, 7) is -2.33. The molecule has 1 amide bonds. The molecule has 0 aliphatic rings. The molecule has 0 bridgehead atoms. The highest BCUT2D eigenvalue weighted by Crippen LogP contribution is 2.32. The van der Waals surface area contributed by atoms with Crippen molar-refractivity contribution in [3.05, 3.63) is 77.9 Å². The fourth-order valence-corrected chi connectivity index (χ4v) is 3.43. The number of ether oxygens (including phenoxy) is 1. The van der Waals surface area contributed by atoms with Crippen LogP contribution in [0.25, 0.3) is 21.8 Å². The van der Waals surface area contributed by atoms with Crippen LogP contribution in [-0.4, -0.2) is 17.1 Å². The van der Waals surface area contributed by atoms with Crippen LogP contribution < -0.4 is 10.5 Å². The Morgan fingerprint density at radius 3 is 2.37 bits per heavy atom. The van der Waals surface area contributed by atoms with Gasteiger partial charge in [-0.25, -0.2) is 0 Å². The lowest BCUT2D eigenvalue weighted by atomic mass is 10.1. The lowest BCUT2D eigenvalue weighted by molar-refractivity contribution is -0.0498. The van der Waals surface area contributed by atoms with Crippen LogP contribution in [0, 0.1) is 0 Å². The Bertz CT molecular complexity index is 1130. The van der Waals surface area contributed by atoms with Gasteiger partial charge < -0.3 is 15.0 Å². The van der Waals surface area contributed by atoms with Crippen molar-refractivity contribution < 1.29 is 18.3 Å². The van der Waals surface area contributed by atoms with Crippen molar-refractivity contribution in [1.29, 1.82) is 0 Å². The van der Waals surface area contributed by atoms with E-state index in [0.717, 1.165) is 27.4 Å². The molecule has 0 fully saturated rings. The van der Waals surface area contributed by atoms with Gasteiger partial charge in [0.2, 0.25) is 5.91 Å². The zero-order valence-corrected chi connectivity index (χ0v) is 14.2. The topological polar surface area (TPSA) is 57.2 Å². The van der Waals surface area contributed by atoms with Gasteiger partial charge in [-0.15, -0.1) is 0 Å². The predicted molar refractivity (Wildman–Crippen MR) is 100 cm³/mol. The van der Waals surface area contributed by atoms with Crippen LogP contribution >= 0.6 is 0 Å². The van der Waals surface area contributed by atoms with Crippen LogP contribution in [0.3, 0.4) is 0 Å². The van der Waals surface area contributed by atoms with Gasteiger partial charge >= 0.3 is 6.61 Å². The third kappa shape index (κ3) is 3.10. The maximum Gasteiger partial charge on any atom is 0.387 e. The number of benzene rings is 3. The van der Waals surface area contributed by atoms with Gasteiger partial charge in [0, 0.05) is 28.4 Å². The zero-order chi connectivity index (χ0) is 19.0. The molecule has 4 nitrogen and oxygen atoms in total. The van der Waals surface area contributed by atoms with Gasteiger partial charge in [-0.1, -0.05) is 36.4 Å². The van der Waals surface area contributed by atoms with Gasteiger partial charge in [0.05, 0.1) is 5.52 Å². The van der Waals surface area contributed by atoms with E-state index < -0.39 is 12.5 Å². The molecular formula is C21H16F2N2O2. The van der Waals surface area contributed by atoms with Gasteiger partial charge in [0.25, 0.3) is 0 Å². The maximum atomic E-state index is 12.3. The second-order valence-electron chi connectivity index (χ2n) is 6.19. The summed E-state index contributed by atoms with van der Waals surface area (Å²) < 4.78 is 31.1. The molecule has 0 aliphatic carbocycles. The van der Waals surface area contributed by atoms with Crippen LogP contribution in [0.4, 0.5) is 8.78 Å². The van der Waals surface area contributed by atoms with E-state index in [0.29, 0.717) is 12.1 Å². The number of carbonyl (C=O) groups is 1. The molecule has 0 unspecified atom stereocenters. The molecule has 2 N–H and O–H groups in total. The van der Waals surface area contributed by atoms with E-state index in [1.165, 1.54) is 12.1 Å².